The molecule has 0 atom stereocenters. The summed E-state index contributed by atoms with van der Waals surface area (Å²) >= 11 is 0. The molecule has 0 aromatic heterocycles. The van der Waals surface area contributed by atoms with Gasteiger partial charge in [0.15, 0.2) is 0 Å². The van der Waals surface area contributed by atoms with E-state index >= 15 is 0 Å². The van der Waals surface area contributed by atoms with Crippen LogP contribution in [0.25, 0.3) is 0 Å². The number of hydrogen-bond acceptors (Lipinski definition) is 5. The fourth-order valence-corrected chi connectivity index (χ4v) is 1.33. The molecular weight excluding hydrogens is 250 g/mol. The fraction of sp³-hybridized carbons (Fsp3) is 0.308. The summed E-state index contributed by atoms with van der Waals surface area (Å²) in [6.45, 7) is 2.00. The average Bonchev–Trinajstić information content (AvgIpc) is 2.38. The van der Waals surface area contributed by atoms with Gasteiger partial charge in [0.2, 0.25) is 0 Å². The fourth-order valence-electron chi connectivity index (χ4n) is 1.33. The molecule has 100 valence electrons. The molecule has 6 nitrogen and oxygen atoms in total. The first kappa shape index (κ1) is 14.5. The Kier molecular flexibility index (Phi) is 5.35. The van der Waals surface area contributed by atoms with Crippen LogP contribution >= 0.6 is 0 Å². The molecule has 19 heavy (non-hydrogen) atoms. The molecule has 1 aromatic carbocycles. The molecule has 0 heterocycles. The number of carbonyl (C=O) groups is 1. The van der Waals surface area contributed by atoms with Gasteiger partial charge < -0.3 is 9.47 Å². The third kappa shape index (κ3) is 4.32. The molecule has 1 rings (SSSR count). The van der Waals surface area contributed by atoms with Crippen LogP contribution in [0.4, 0.5) is 5.69 Å². The standard InChI is InChI=1S/C13H13NO5/c1-3-19-13(15)6-4-5-10-9-11(14(16)17)7-8-12(10)18-2/h7-9H,3,6H2,1-2H3. The Labute approximate surface area is 110 Å². The maximum absolute atomic E-state index is 11.1. The lowest BCUT2D eigenvalue weighted by Crippen LogP contribution is -2.01. The monoisotopic (exact) mass is 263 g/mol. The predicted molar refractivity (Wildman–Crippen MR) is 67.8 cm³/mol. The number of hydrogen-bond donors (Lipinski definition) is 0. The maximum Gasteiger partial charge on any atom is 0.317 e. The number of nitro benzene ring substituents is 1. The number of esters is 1. The first-order chi connectivity index (χ1) is 9.08. The number of nitrogens with zero attached hydrogens (tertiary/aromatic N) is 1. The quantitative estimate of drug-likeness (QED) is 0.359. The molecule has 0 aliphatic carbocycles. The summed E-state index contributed by atoms with van der Waals surface area (Å²) in [5.74, 6) is 5.26. The molecule has 0 N–H and O–H groups in total. The van der Waals surface area contributed by atoms with E-state index in [9.17, 15) is 14.9 Å². The van der Waals surface area contributed by atoms with Gasteiger partial charge >= 0.3 is 5.97 Å². The van der Waals surface area contributed by atoms with Gasteiger partial charge in [0.1, 0.15) is 12.2 Å². The molecule has 0 fully saturated rings. The largest absolute Gasteiger partial charge is 0.495 e. The summed E-state index contributed by atoms with van der Waals surface area (Å²) in [6, 6.07) is 4.10. The van der Waals surface area contributed by atoms with Crippen molar-refractivity contribution in [3.05, 3.63) is 33.9 Å². The van der Waals surface area contributed by atoms with Crippen LogP contribution in [0.15, 0.2) is 18.2 Å². The first-order valence-corrected chi connectivity index (χ1v) is 5.55. The summed E-state index contributed by atoms with van der Waals surface area (Å²) < 4.78 is 9.76. The highest BCUT2D eigenvalue weighted by Crippen LogP contribution is 2.22. The van der Waals surface area contributed by atoms with Crippen LogP contribution in [0.1, 0.15) is 18.9 Å². The van der Waals surface area contributed by atoms with Crippen molar-refractivity contribution in [3.8, 4) is 17.6 Å². The van der Waals surface area contributed by atoms with Crippen molar-refractivity contribution < 1.29 is 19.2 Å². The van der Waals surface area contributed by atoms with Crippen molar-refractivity contribution in [3.63, 3.8) is 0 Å². The van der Waals surface area contributed by atoms with Crippen LogP contribution in [-0.2, 0) is 9.53 Å². The molecule has 0 saturated heterocycles. The molecule has 0 aliphatic heterocycles. The number of carbonyl (C=O) groups excluding carboxylic acids is 1. The van der Waals surface area contributed by atoms with Gasteiger partial charge in [0.05, 0.1) is 24.2 Å². The van der Waals surface area contributed by atoms with E-state index in [1.807, 2.05) is 0 Å². The second-order valence-corrected chi connectivity index (χ2v) is 3.43. The van der Waals surface area contributed by atoms with Gasteiger partial charge in [0.25, 0.3) is 5.69 Å². The highest BCUT2D eigenvalue weighted by Gasteiger charge is 2.09. The Hall–Kier alpha value is -2.55. The summed E-state index contributed by atoms with van der Waals surface area (Å²) in [6.07, 6.45) is -0.0698. The number of methoxy groups -OCH3 is 1. The second-order valence-electron chi connectivity index (χ2n) is 3.43. The molecule has 0 aliphatic rings. The zero-order valence-corrected chi connectivity index (χ0v) is 10.6. The molecule has 6 heteroatoms. The van der Waals surface area contributed by atoms with Crippen LogP contribution in [0.3, 0.4) is 0 Å². The van der Waals surface area contributed by atoms with Gasteiger partial charge in [-0.3, -0.25) is 14.9 Å². The van der Waals surface area contributed by atoms with Crippen LogP contribution in [-0.4, -0.2) is 24.6 Å². The SMILES string of the molecule is CCOC(=O)CC#Cc1cc([N+](=O)[O-])ccc1OC. The molecule has 0 bridgehead atoms. The Morgan fingerprint density at radius 3 is 2.79 bits per heavy atom. The van der Waals surface area contributed by atoms with E-state index in [0.29, 0.717) is 17.9 Å². The molecular formula is C13H13NO5. The van der Waals surface area contributed by atoms with Crippen molar-refractivity contribution >= 4 is 11.7 Å². The minimum absolute atomic E-state index is 0.0698. The van der Waals surface area contributed by atoms with Crippen LogP contribution in [0.2, 0.25) is 0 Å². The molecule has 0 unspecified atom stereocenters. The lowest BCUT2D eigenvalue weighted by Gasteiger charge is -2.02. The predicted octanol–water partition coefficient (Wildman–Crippen LogP) is 1.91. The first-order valence-electron chi connectivity index (χ1n) is 5.55. The van der Waals surface area contributed by atoms with Gasteiger partial charge in [-0.15, -0.1) is 0 Å². The summed E-state index contributed by atoms with van der Waals surface area (Å²) in [5.41, 5.74) is 0.280. The van der Waals surface area contributed by atoms with Crippen molar-refractivity contribution in [2.24, 2.45) is 0 Å². The van der Waals surface area contributed by atoms with E-state index in [4.69, 9.17) is 9.47 Å². The molecule has 0 amide bonds. The minimum atomic E-state index is -0.518. The van der Waals surface area contributed by atoms with Gasteiger partial charge in [0, 0.05) is 12.1 Å². The van der Waals surface area contributed by atoms with Crippen LogP contribution < -0.4 is 4.74 Å². The van der Waals surface area contributed by atoms with E-state index in [0.717, 1.165) is 0 Å². The molecule has 0 saturated carbocycles. The van der Waals surface area contributed by atoms with Gasteiger partial charge in [-0.1, -0.05) is 11.8 Å². The lowest BCUT2D eigenvalue weighted by atomic mass is 10.2. The van der Waals surface area contributed by atoms with E-state index in [1.165, 1.54) is 25.3 Å². The Morgan fingerprint density at radius 2 is 2.21 bits per heavy atom. The van der Waals surface area contributed by atoms with Crippen molar-refractivity contribution in [1.29, 1.82) is 0 Å². The Bertz CT molecular complexity index is 542. The summed E-state index contributed by atoms with van der Waals surface area (Å²) in [5, 5.41) is 10.7. The van der Waals surface area contributed by atoms with Crippen molar-refractivity contribution in [2.45, 2.75) is 13.3 Å². The lowest BCUT2D eigenvalue weighted by molar-refractivity contribution is -0.384. The highest BCUT2D eigenvalue weighted by atomic mass is 16.6. The van der Waals surface area contributed by atoms with E-state index in [1.54, 1.807) is 6.92 Å². The zero-order valence-electron chi connectivity index (χ0n) is 10.6. The normalized spacial score (nSPS) is 9.16. The number of nitro groups is 1. The zero-order chi connectivity index (χ0) is 14.3. The summed E-state index contributed by atoms with van der Waals surface area (Å²) in [7, 11) is 1.44. The smallest absolute Gasteiger partial charge is 0.317 e. The number of non-ortho nitro benzene ring substituents is 1. The number of rotatable bonds is 4. The Morgan fingerprint density at radius 1 is 1.47 bits per heavy atom. The topological polar surface area (TPSA) is 78.7 Å². The van der Waals surface area contributed by atoms with Gasteiger partial charge in [-0.2, -0.15) is 0 Å². The van der Waals surface area contributed by atoms with E-state index in [2.05, 4.69) is 11.8 Å². The number of benzene rings is 1. The van der Waals surface area contributed by atoms with Crippen LogP contribution in [0, 0.1) is 22.0 Å². The maximum atomic E-state index is 11.1. The Balaban J connectivity index is 2.92. The van der Waals surface area contributed by atoms with E-state index < -0.39 is 10.9 Å². The summed E-state index contributed by atoms with van der Waals surface area (Å²) in [4.78, 5) is 21.2. The minimum Gasteiger partial charge on any atom is -0.495 e. The second kappa shape index (κ2) is 7.01. The average molecular weight is 263 g/mol. The third-order valence-electron chi connectivity index (χ3n) is 2.15. The van der Waals surface area contributed by atoms with Gasteiger partial charge in [-0.25, -0.2) is 0 Å². The molecule has 1 aromatic rings. The van der Waals surface area contributed by atoms with Crippen molar-refractivity contribution in [1.82, 2.24) is 0 Å². The van der Waals surface area contributed by atoms with Gasteiger partial charge in [-0.05, 0) is 13.0 Å². The highest BCUT2D eigenvalue weighted by molar-refractivity contribution is 5.72. The molecule has 0 spiro atoms. The van der Waals surface area contributed by atoms with E-state index in [-0.39, 0.29) is 12.1 Å². The molecule has 0 radical (unpaired) electrons. The van der Waals surface area contributed by atoms with Crippen molar-refractivity contribution in [2.75, 3.05) is 13.7 Å². The van der Waals surface area contributed by atoms with Crippen LogP contribution in [0.5, 0.6) is 5.75 Å². The number of ether oxygens (including phenoxy) is 2. The third-order valence-corrected chi connectivity index (χ3v) is 2.15.